The Kier molecular flexibility index (Phi) is 2.45. The fourth-order valence-corrected chi connectivity index (χ4v) is 1.46. The largest absolute Gasteiger partial charge is 0.369 e. The molecule has 1 amide bonds. The van der Waals surface area contributed by atoms with Gasteiger partial charge in [-0.25, -0.2) is 0 Å². The summed E-state index contributed by atoms with van der Waals surface area (Å²) in [6.45, 7) is 2.58. The smallest absolute Gasteiger partial charge is 0.246 e. The fraction of sp³-hybridized carbons (Fsp3) is 0.400. The molecule has 1 aromatic rings. The van der Waals surface area contributed by atoms with Crippen LogP contribution in [0.5, 0.6) is 0 Å². The molecule has 0 bridgehead atoms. The molecule has 4 nitrogen and oxygen atoms in total. The summed E-state index contributed by atoms with van der Waals surface area (Å²) in [5, 5.41) is 2.83. The molecule has 0 radical (unpaired) electrons. The molecule has 1 N–H and O–H groups in total. The Hall–Kier alpha value is -1.42. The van der Waals surface area contributed by atoms with Gasteiger partial charge in [0.05, 0.1) is 18.3 Å². The van der Waals surface area contributed by atoms with E-state index in [1.165, 1.54) is 0 Å². The molecule has 2 heterocycles. The van der Waals surface area contributed by atoms with Crippen molar-refractivity contribution in [2.24, 2.45) is 0 Å². The first-order valence-corrected chi connectivity index (χ1v) is 4.56. The molecule has 1 atom stereocenters. The van der Waals surface area contributed by atoms with Crippen LogP contribution in [0.1, 0.15) is 17.4 Å². The van der Waals surface area contributed by atoms with E-state index < -0.39 is 0 Å². The van der Waals surface area contributed by atoms with Crippen molar-refractivity contribution in [1.29, 1.82) is 0 Å². The predicted octanol–water partition coefficient (Wildman–Crippen LogP) is 0.578. The first-order chi connectivity index (χ1) is 6.75. The summed E-state index contributed by atoms with van der Waals surface area (Å²) < 4.78 is 5.14. The molecule has 0 aromatic carbocycles. The highest BCUT2D eigenvalue weighted by Gasteiger charge is 2.20. The minimum Gasteiger partial charge on any atom is -0.369 e. The maximum absolute atomic E-state index is 11.1. The zero-order valence-electron chi connectivity index (χ0n) is 7.99. The van der Waals surface area contributed by atoms with Gasteiger partial charge in [0, 0.05) is 5.69 Å². The highest BCUT2D eigenvalue weighted by atomic mass is 16.5. The molecule has 4 heteroatoms. The van der Waals surface area contributed by atoms with E-state index >= 15 is 0 Å². The maximum Gasteiger partial charge on any atom is 0.246 e. The van der Waals surface area contributed by atoms with Gasteiger partial charge in [0.2, 0.25) is 5.91 Å². The van der Waals surface area contributed by atoms with Gasteiger partial charge in [0.1, 0.15) is 6.61 Å². The SMILES string of the molecule is Cc1cccc([C@H]2COCC(=O)N2)n1. The average molecular weight is 192 g/mol. The summed E-state index contributed by atoms with van der Waals surface area (Å²) in [7, 11) is 0. The van der Waals surface area contributed by atoms with E-state index in [1.807, 2.05) is 25.1 Å². The van der Waals surface area contributed by atoms with Gasteiger partial charge in [0.15, 0.2) is 0 Å². The van der Waals surface area contributed by atoms with Crippen LogP contribution in [0.2, 0.25) is 0 Å². The van der Waals surface area contributed by atoms with E-state index in [4.69, 9.17) is 4.74 Å². The number of morpholine rings is 1. The number of nitrogens with zero attached hydrogens (tertiary/aromatic N) is 1. The number of hydrogen-bond donors (Lipinski definition) is 1. The molecule has 0 unspecified atom stereocenters. The lowest BCUT2D eigenvalue weighted by atomic mass is 10.1. The minimum atomic E-state index is -0.101. The number of ether oxygens (including phenoxy) is 1. The average Bonchev–Trinajstić information content (AvgIpc) is 2.18. The van der Waals surface area contributed by atoms with Crippen molar-refractivity contribution in [3.8, 4) is 0 Å². The Bertz CT molecular complexity index is 352. The number of amides is 1. The van der Waals surface area contributed by atoms with Crippen LogP contribution in [-0.2, 0) is 9.53 Å². The molecule has 14 heavy (non-hydrogen) atoms. The Morgan fingerprint density at radius 1 is 1.57 bits per heavy atom. The lowest BCUT2D eigenvalue weighted by molar-refractivity contribution is -0.131. The molecular weight excluding hydrogens is 180 g/mol. The molecule has 2 rings (SSSR count). The molecule has 74 valence electrons. The molecule has 1 aromatic heterocycles. The number of rotatable bonds is 1. The van der Waals surface area contributed by atoms with Crippen LogP contribution in [-0.4, -0.2) is 24.1 Å². The van der Waals surface area contributed by atoms with Gasteiger partial charge in [-0.3, -0.25) is 9.78 Å². The third-order valence-electron chi connectivity index (χ3n) is 2.12. The second kappa shape index (κ2) is 3.75. The van der Waals surface area contributed by atoms with Gasteiger partial charge in [-0.15, -0.1) is 0 Å². The highest BCUT2D eigenvalue weighted by molar-refractivity contribution is 5.78. The van der Waals surface area contributed by atoms with Crippen LogP contribution < -0.4 is 5.32 Å². The number of carbonyl (C=O) groups is 1. The molecule has 0 spiro atoms. The number of carbonyl (C=O) groups excluding carboxylic acids is 1. The van der Waals surface area contributed by atoms with Gasteiger partial charge in [-0.2, -0.15) is 0 Å². The van der Waals surface area contributed by atoms with Crippen molar-refractivity contribution in [2.75, 3.05) is 13.2 Å². The molecule has 1 aliphatic rings. The van der Waals surface area contributed by atoms with E-state index in [-0.39, 0.29) is 18.6 Å². The highest BCUT2D eigenvalue weighted by Crippen LogP contribution is 2.13. The lowest BCUT2D eigenvalue weighted by Crippen LogP contribution is -2.40. The fourth-order valence-electron chi connectivity index (χ4n) is 1.46. The summed E-state index contributed by atoms with van der Waals surface area (Å²) in [6, 6.07) is 5.65. The van der Waals surface area contributed by atoms with Crippen molar-refractivity contribution in [2.45, 2.75) is 13.0 Å². The topological polar surface area (TPSA) is 51.2 Å². The van der Waals surface area contributed by atoms with Gasteiger partial charge in [0.25, 0.3) is 0 Å². The third-order valence-corrected chi connectivity index (χ3v) is 2.12. The number of hydrogen-bond acceptors (Lipinski definition) is 3. The van der Waals surface area contributed by atoms with Crippen molar-refractivity contribution in [3.63, 3.8) is 0 Å². The van der Waals surface area contributed by atoms with Crippen LogP contribution >= 0.6 is 0 Å². The standard InChI is InChI=1S/C10H12N2O2/c1-7-3-2-4-8(11-7)9-5-14-6-10(13)12-9/h2-4,9H,5-6H2,1H3,(H,12,13)/t9-/m1/s1. The molecule has 1 fully saturated rings. The number of aryl methyl sites for hydroxylation is 1. The predicted molar refractivity (Wildman–Crippen MR) is 50.7 cm³/mol. The van der Waals surface area contributed by atoms with Crippen LogP contribution in [0.4, 0.5) is 0 Å². The maximum atomic E-state index is 11.1. The first kappa shape index (κ1) is 9.15. The molecule has 0 aliphatic carbocycles. The van der Waals surface area contributed by atoms with Gasteiger partial charge in [-0.1, -0.05) is 6.07 Å². The van der Waals surface area contributed by atoms with E-state index in [0.717, 1.165) is 11.4 Å². The van der Waals surface area contributed by atoms with E-state index in [0.29, 0.717) is 6.61 Å². The normalized spacial score (nSPS) is 21.8. The van der Waals surface area contributed by atoms with Crippen molar-refractivity contribution < 1.29 is 9.53 Å². The summed E-state index contributed by atoms with van der Waals surface area (Å²) in [5.41, 5.74) is 1.81. The quantitative estimate of drug-likeness (QED) is 0.708. The summed E-state index contributed by atoms with van der Waals surface area (Å²) >= 11 is 0. The van der Waals surface area contributed by atoms with Gasteiger partial charge >= 0.3 is 0 Å². The van der Waals surface area contributed by atoms with Crippen molar-refractivity contribution in [3.05, 3.63) is 29.6 Å². The van der Waals surface area contributed by atoms with E-state index in [9.17, 15) is 4.79 Å². The Morgan fingerprint density at radius 3 is 3.14 bits per heavy atom. The zero-order chi connectivity index (χ0) is 9.97. The molecular formula is C10H12N2O2. The van der Waals surface area contributed by atoms with Gasteiger partial charge < -0.3 is 10.1 Å². The van der Waals surface area contributed by atoms with Crippen molar-refractivity contribution >= 4 is 5.91 Å². The van der Waals surface area contributed by atoms with Crippen molar-refractivity contribution in [1.82, 2.24) is 10.3 Å². The Balaban J connectivity index is 2.17. The molecule has 1 aliphatic heterocycles. The molecule has 0 saturated carbocycles. The lowest BCUT2D eigenvalue weighted by Gasteiger charge is -2.23. The molecule has 1 saturated heterocycles. The Labute approximate surface area is 82.3 Å². The summed E-state index contributed by atoms with van der Waals surface area (Å²) in [5.74, 6) is -0.0791. The second-order valence-corrected chi connectivity index (χ2v) is 3.34. The van der Waals surface area contributed by atoms with E-state index in [1.54, 1.807) is 0 Å². The number of pyridine rings is 1. The van der Waals surface area contributed by atoms with Crippen LogP contribution in [0.25, 0.3) is 0 Å². The van der Waals surface area contributed by atoms with Gasteiger partial charge in [-0.05, 0) is 19.1 Å². The summed E-state index contributed by atoms with van der Waals surface area (Å²) in [4.78, 5) is 15.4. The second-order valence-electron chi connectivity index (χ2n) is 3.34. The first-order valence-electron chi connectivity index (χ1n) is 4.56. The van der Waals surface area contributed by atoms with E-state index in [2.05, 4.69) is 10.3 Å². The summed E-state index contributed by atoms with van der Waals surface area (Å²) in [6.07, 6.45) is 0. The van der Waals surface area contributed by atoms with Crippen LogP contribution in [0.15, 0.2) is 18.2 Å². The third kappa shape index (κ3) is 1.90. The number of aromatic nitrogens is 1. The van der Waals surface area contributed by atoms with Crippen LogP contribution in [0, 0.1) is 6.92 Å². The monoisotopic (exact) mass is 192 g/mol. The minimum absolute atomic E-state index is 0.0791. The van der Waals surface area contributed by atoms with Crippen LogP contribution in [0.3, 0.4) is 0 Å². The number of nitrogens with one attached hydrogen (secondary N) is 1. The zero-order valence-corrected chi connectivity index (χ0v) is 7.99. The Morgan fingerprint density at radius 2 is 2.43 bits per heavy atom.